The van der Waals surface area contributed by atoms with Gasteiger partial charge in [0, 0.05) is 49.4 Å². The average molecular weight is 710 g/mol. The van der Waals surface area contributed by atoms with Crippen LogP contribution in [0.2, 0.25) is 0 Å². The monoisotopic (exact) mass is 709 g/mol. The number of sulfonamides is 1. The SMILES string of the molecule is COc1cc2c(cc1OCCCN1CCOCC1)[nH]c1nc[nH+]c(N3CCN(C(=S)Nc4ccc(S(=O)(=O)N5CCCC5C)cc4)CC3)c12. The van der Waals surface area contributed by atoms with E-state index in [4.69, 9.17) is 26.4 Å². The summed E-state index contributed by atoms with van der Waals surface area (Å²) in [4.78, 5) is 18.7. The summed E-state index contributed by atoms with van der Waals surface area (Å²) in [6.07, 6.45) is 4.44. The van der Waals surface area contributed by atoms with Gasteiger partial charge in [0.25, 0.3) is 0 Å². The van der Waals surface area contributed by atoms with Crippen LogP contribution in [-0.2, 0) is 14.8 Å². The second-order valence-corrected chi connectivity index (χ2v) is 15.1. The number of rotatable bonds is 10. The van der Waals surface area contributed by atoms with E-state index in [1.807, 2.05) is 19.1 Å². The lowest BCUT2D eigenvalue weighted by molar-refractivity contribution is -0.367. The average Bonchev–Trinajstić information content (AvgIpc) is 3.73. The lowest BCUT2D eigenvalue weighted by Gasteiger charge is -2.34. The summed E-state index contributed by atoms with van der Waals surface area (Å²) in [5, 5.41) is 5.92. The van der Waals surface area contributed by atoms with Gasteiger partial charge in [-0.25, -0.2) is 13.4 Å². The zero-order valence-electron chi connectivity index (χ0n) is 28.1. The third kappa shape index (κ3) is 7.13. The number of fused-ring (bicyclic) bond motifs is 3. The Hall–Kier alpha value is -3.76. The molecule has 3 aliphatic rings. The van der Waals surface area contributed by atoms with Crippen molar-refractivity contribution in [3.63, 3.8) is 0 Å². The number of ether oxygens (including phenoxy) is 3. The summed E-state index contributed by atoms with van der Waals surface area (Å²) in [5.41, 5.74) is 2.49. The summed E-state index contributed by atoms with van der Waals surface area (Å²) in [7, 11) is -1.83. The Bertz CT molecular complexity index is 1890. The van der Waals surface area contributed by atoms with Crippen molar-refractivity contribution in [2.75, 3.05) is 89.5 Å². The molecule has 0 aliphatic carbocycles. The van der Waals surface area contributed by atoms with Crippen LogP contribution in [0.1, 0.15) is 26.2 Å². The van der Waals surface area contributed by atoms with Crippen molar-refractivity contribution in [1.82, 2.24) is 24.1 Å². The molecule has 0 saturated carbocycles. The molecule has 262 valence electrons. The van der Waals surface area contributed by atoms with Gasteiger partial charge in [0.1, 0.15) is 5.39 Å². The fraction of sp³-hybridized carbons (Fsp3) is 0.500. The number of anilines is 2. The number of nitrogens with zero attached hydrogens (tertiary/aromatic N) is 5. The maximum atomic E-state index is 13.1. The molecule has 1 unspecified atom stereocenters. The fourth-order valence-corrected chi connectivity index (χ4v) is 9.02. The highest BCUT2D eigenvalue weighted by molar-refractivity contribution is 7.89. The largest absolute Gasteiger partial charge is 0.493 e. The summed E-state index contributed by atoms with van der Waals surface area (Å²) < 4.78 is 45.2. The number of benzene rings is 2. The highest BCUT2D eigenvalue weighted by Gasteiger charge is 2.33. The molecule has 5 heterocycles. The fourth-order valence-electron chi connectivity index (χ4n) is 7.02. The van der Waals surface area contributed by atoms with Gasteiger partial charge in [-0.3, -0.25) is 9.80 Å². The molecule has 3 saturated heterocycles. The Kier molecular flexibility index (Phi) is 10.1. The van der Waals surface area contributed by atoms with Gasteiger partial charge in [-0.15, -0.1) is 0 Å². The Balaban J connectivity index is 0.989. The van der Waals surface area contributed by atoms with Crippen molar-refractivity contribution in [3.05, 3.63) is 42.7 Å². The maximum Gasteiger partial charge on any atom is 0.243 e. The first kappa shape index (κ1) is 33.7. The Labute approximate surface area is 292 Å². The highest BCUT2D eigenvalue weighted by atomic mass is 32.2. The smallest absolute Gasteiger partial charge is 0.243 e. The van der Waals surface area contributed by atoms with E-state index in [0.717, 1.165) is 112 Å². The third-order valence-corrected chi connectivity index (χ3v) is 12.2. The highest BCUT2D eigenvalue weighted by Crippen LogP contribution is 2.38. The van der Waals surface area contributed by atoms with E-state index < -0.39 is 10.0 Å². The van der Waals surface area contributed by atoms with Crippen molar-refractivity contribution >= 4 is 60.8 Å². The van der Waals surface area contributed by atoms with Crippen molar-refractivity contribution in [2.45, 2.75) is 37.1 Å². The van der Waals surface area contributed by atoms with Gasteiger partial charge in [0.05, 0.1) is 63.5 Å². The van der Waals surface area contributed by atoms with Gasteiger partial charge in [-0.05, 0) is 68.7 Å². The molecule has 49 heavy (non-hydrogen) atoms. The van der Waals surface area contributed by atoms with Crippen LogP contribution in [0.15, 0.2) is 47.6 Å². The summed E-state index contributed by atoms with van der Waals surface area (Å²) in [6.45, 7) is 10.6. The molecule has 3 fully saturated rings. The quantitative estimate of drug-likeness (QED) is 0.186. The number of nitrogens with one attached hydrogen (secondary N) is 3. The zero-order valence-corrected chi connectivity index (χ0v) is 29.7. The van der Waals surface area contributed by atoms with Crippen molar-refractivity contribution in [2.24, 2.45) is 0 Å². The Morgan fingerprint density at radius 2 is 1.86 bits per heavy atom. The molecule has 0 amide bonds. The van der Waals surface area contributed by atoms with Crippen LogP contribution >= 0.6 is 12.2 Å². The molecule has 3 N–H and O–H groups in total. The molecule has 1 atom stereocenters. The number of morpholine rings is 1. The number of hydrogen-bond donors (Lipinski definition) is 2. The molecule has 2 aromatic heterocycles. The first-order valence-electron chi connectivity index (χ1n) is 17.1. The number of hydrogen-bond acceptors (Lipinski definition) is 9. The number of aromatic amines is 2. The van der Waals surface area contributed by atoms with Gasteiger partial charge >= 0.3 is 0 Å². The normalized spacial score (nSPS) is 19.5. The molecule has 0 radical (unpaired) electrons. The number of piperazine rings is 1. The third-order valence-electron chi connectivity index (χ3n) is 9.76. The molecule has 0 bridgehead atoms. The van der Waals surface area contributed by atoms with E-state index in [1.54, 1.807) is 42.0 Å². The van der Waals surface area contributed by atoms with Crippen molar-refractivity contribution < 1.29 is 27.6 Å². The zero-order chi connectivity index (χ0) is 34.0. The van der Waals surface area contributed by atoms with E-state index in [2.05, 4.69) is 35.0 Å². The van der Waals surface area contributed by atoms with Crippen LogP contribution in [0.4, 0.5) is 11.5 Å². The maximum absolute atomic E-state index is 13.1. The summed E-state index contributed by atoms with van der Waals surface area (Å²) in [6, 6.07) is 10.9. The Morgan fingerprint density at radius 3 is 2.57 bits per heavy atom. The van der Waals surface area contributed by atoms with E-state index in [-0.39, 0.29) is 6.04 Å². The van der Waals surface area contributed by atoms with Crippen LogP contribution < -0.4 is 24.7 Å². The molecule has 4 aromatic rings. The number of thiocarbonyl (C=S) groups is 1. The van der Waals surface area contributed by atoms with Crippen LogP contribution in [0, 0.1) is 0 Å². The molecule has 0 spiro atoms. The van der Waals surface area contributed by atoms with E-state index in [0.29, 0.717) is 34.7 Å². The minimum atomic E-state index is -3.50. The van der Waals surface area contributed by atoms with Crippen LogP contribution in [0.3, 0.4) is 0 Å². The van der Waals surface area contributed by atoms with Crippen LogP contribution in [0.25, 0.3) is 21.9 Å². The number of methoxy groups -OCH3 is 1. The lowest BCUT2D eigenvalue weighted by atomic mass is 10.1. The predicted octanol–water partition coefficient (Wildman–Crippen LogP) is 3.33. The van der Waals surface area contributed by atoms with Gasteiger partial charge < -0.3 is 29.4 Å². The van der Waals surface area contributed by atoms with Gasteiger partial charge in [0.15, 0.2) is 16.6 Å². The molecular weight excluding hydrogens is 665 g/mol. The first-order valence-corrected chi connectivity index (χ1v) is 18.9. The second kappa shape index (κ2) is 14.6. The number of aromatic nitrogens is 3. The molecular formula is C34H45N8O5S2+. The standard InChI is InChI=1S/C34H44N8O5S2/c1-24-5-3-11-42(24)49(43,44)26-8-6-25(7-9-26)37-34(48)41-14-12-40(13-15-41)33-31-27-21-29(45-2)30(22-28(27)38-32(31)35-23-36-33)47-18-4-10-39-16-19-46-20-17-39/h6-9,21-24H,3-5,10-20H2,1-2H3,(H,37,48)(H,35,36,38)/p+1. The molecule has 7 rings (SSSR count). The first-order chi connectivity index (χ1) is 23.8. The topological polar surface area (TPSA) is 130 Å². The summed E-state index contributed by atoms with van der Waals surface area (Å²) >= 11 is 5.77. The molecule has 3 aliphatic heterocycles. The van der Waals surface area contributed by atoms with Crippen LogP contribution in [-0.4, -0.2) is 123 Å². The second-order valence-electron chi connectivity index (χ2n) is 12.8. The van der Waals surface area contributed by atoms with E-state index in [1.165, 1.54) is 0 Å². The molecule has 13 nitrogen and oxygen atoms in total. The molecule has 15 heteroatoms. The summed E-state index contributed by atoms with van der Waals surface area (Å²) in [5.74, 6) is 2.38. The predicted molar refractivity (Wildman–Crippen MR) is 193 cm³/mol. The minimum absolute atomic E-state index is 0.0298. The van der Waals surface area contributed by atoms with E-state index >= 15 is 0 Å². The lowest BCUT2D eigenvalue weighted by Crippen LogP contribution is -2.51. The van der Waals surface area contributed by atoms with Gasteiger partial charge in [-0.2, -0.15) is 4.31 Å². The van der Waals surface area contributed by atoms with Crippen LogP contribution in [0.5, 0.6) is 11.5 Å². The van der Waals surface area contributed by atoms with Gasteiger partial charge in [-0.1, -0.05) is 4.98 Å². The van der Waals surface area contributed by atoms with Crippen molar-refractivity contribution in [1.29, 1.82) is 0 Å². The van der Waals surface area contributed by atoms with E-state index in [9.17, 15) is 8.42 Å². The Morgan fingerprint density at radius 1 is 1.08 bits per heavy atom. The van der Waals surface area contributed by atoms with Gasteiger partial charge in [0.2, 0.25) is 27.8 Å². The molecule has 2 aromatic carbocycles. The van der Waals surface area contributed by atoms with Crippen molar-refractivity contribution in [3.8, 4) is 11.5 Å². The number of H-pyrrole nitrogens is 2. The minimum Gasteiger partial charge on any atom is -0.493 e.